The fraction of sp³-hybridized carbons (Fsp3) is 0.417. The summed E-state index contributed by atoms with van der Waals surface area (Å²) in [5.74, 6) is -0.279. The first-order chi connectivity index (χ1) is 13.3. The maximum atomic E-state index is 11.4. The van der Waals surface area contributed by atoms with Crippen LogP contribution in [-0.2, 0) is 31.9 Å². The van der Waals surface area contributed by atoms with Gasteiger partial charge in [0.1, 0.15) is 0 Å². The van der Waals surface area contributed by atoms with Gasteiger partial charge in [0.15, 0.2) is 0 Å². The fourth-order valence-corrected chi connectivity index (χ4v) is 2.48. The van der Waals surface area contributed by atoms with Crippen molar-refractivity contribution in [1.82, 2.24) is 0 Å². The van der Waals surface area contributed by atoms with Crippen molar-refractivity contribution in [3.63, 3.8) is 0 Å². The molecule has 2 aromatic rings. The number of esters is 2. The Balaban J connectivity index is 0.000000280. The number of aryl methyl sites for hydroxylation is 2. The molecule has 0 atom stereocenters. The van der Waals surface area contributed by atoms with E-state index in [0.717, 1.165) is 17.5 Å². The molecule has 0 unspecified atom stereocenters. The summed E-state index contributed by atoms with van der Waals surface area (Å²) in [7, 11) is 0. The van der Waals surface area contributed by atoms with E-state index in [9.17, 15) is 9.59 Å². The van der Waals surface area contributed by atoms with Gasteiger partial charge in [-0.3, -0.25) is 9.59 Å². The average molecular weight is 385 g/mol. The monoisotopic (exact) mass is 384 g/mol. The highest BCUT2D eigenvalue weighted by atomic mass is 16.5. The van der Waals surface area contributed by atoms with Gasteiger partial charge in [0.05, 0.1) is 18.6 Å². The molecule has 0 N–H and O–H groups in total. The van der Waals surface area contributed by atoms with E-state index in [-0.39, 0.29) is 24.1 Å². The molecule has 152 valence electrons. The second-order valence-corrected chi connectivity index (χ2v) is 7.17. The van der Waals surface area contributed by atoms with Crippen LogP contribution in [-0.4, -0.2) is 24.1 Å². The SMILES string of the molecule is CC(C)OC(=O)CCc1ccccc1.Cc1ccccc1CC(=O)OC(C)C. The van der Waals surface area contributed by atoms with E-state index in [1.165, 1.54) is 5.56 Å². The molecule has 0 heterocycles. The highest BCUT2D eigenvalue weighted by Crippen LogP contribution is 2.09. The molecule has 4 nitrogen and oxygen atoms in total. The Morgan fingerprint density at radius 1 is 0.786 bits per heavy atom. The van der Waals surface area contributed by atoms with Crippen LogP contribution in [0.1, 0.15) is 50.8 Å². The highest BCUT2D eigenvalue weighted by Gasteiger charge is 2.08. The van der Waals surface area contributed by atoms with E-state index < -0.39 is 0 Å². The summed E-state index contributed by atoms with van der Waals surface area (Å²) in [6.45, 7) is 9.43. The Kier molecular flexibility index (Phi) is 10.6. The lowest BCUT2D eigenvalue weighted by Crippen LogP contribution is -2.14. The van der Waals surface area contributed by atoms with Gasteiger partial charge >= 0.3 is 11.9 Å². The number of rotatable bonds is 7. The standard InChI is InChI=1S/2C12H16O2/c1-9(2)14-12(13)8-11-7-5-4-6-10(11)3;1-10(2)14-12(13)9-8-11-6-4-3-5-7-11/h4-7,9H,8H2,1-3H3;3-7,10H,8-9H2,1-2H3. The van der Waals surface area contributed by atoms with Crippen LogP contribution >= 0.6 is 0 Å². The van der Waals surface area contributed by atoms with E-state index in [2.05, 4.69) is 0 Å². The maximum Gasteiger partial charge on any atom is 0.310 e. The molecule has 0 radical (unpaired) electrons. The number of hydrogen-bond acceptors (Lipinski definition) is 4. The Bertz CT molecular complexity index is 720. The van der Waals surface area contributed by atoms with Crippen molar-refractivity contribution in [2.45, 2.75) is 66.1 Å². The highest BCUT2D eigenvalue weighted by molar-refractivity contribution is 5.73. The van der Waals surface area contributed by atoms with Gasteiger partial charge in [-0.1, -0.05) is 54.6 Å². The summed E-state index contributed by atoms with van der Waals surface area (Å²) in [4.78, 5) is 22.6. The number of benzene rings is 2. The van der Waals surface area contributed by atoms with E-state index in [1.807, 2.05) is 89.2 Å². The minimum atomic E-state index is -0.158. The maximum absolute atomic E-state index is 11.4. The topological polar surface area (TPSA) is 52.6 Å². The van der Waals surface area contributed by atoms with Gasteiger partial charge < -0.3 is 9.47 Å². The van der Waals surface area contributed by atoms with Crippen molar-refractivity contribution in [2.24, 2.45) is 0 Å². The van der Waals surface area contributed by atoms with Crippen molar-refractivity contribution in [1.29, 1.82) is 0 Å². The summed E-state index contributed by atoms with van der Waals surface area (Å²) < 4.78 is 10.1. The van der Waals surface area contributed by atoms with Gasteiger partial charge in [0.25, 0.3) is 0 Å². The zero-order chi connectivity index (χ0) is 20.9. The number of carbonyl (C=O) groups is 2. The van der Waals surface area contributed by atoms with Crippen LogP contribution in [0.15, 0.2) is 54.6 Å². The third-order valence-corrected chi connectivity index (χ3v) is 3.79. The molecule has 4 heteroatoms. The van der Waals surface area contributed by atoms with Crippen LogP contribution in [0.3, 0.4) is 0 Å². The zero-order valence-corrected chi connectivity index (χ0v) is 17.6. The summed E-state index contributed by atoms with van der Waals surface area (Å²) in [5.41, 5.74) is 3.35. The molecule has 0 aliphatic carbocycles. The summed E-state index contributed by atoms with van der Waals surface area (Å²) in [6.07, 6.45) is 1.53. The molecular weight excluding hydrogens is 352 g/mol. The third kappa shape index (κ3) is 10.5. The van der Waals surface area contributed by atoms with Crippen molar-refractivity contribution in [3.05, 3.63) is 71.3 Å². The Hall–Kier alpha value is -2.62. The van der Waals surface area contributed by atoms with Crippen molar-refractivity contribution in [2.75, 3.05) is 0 Å². The van der Waals surface area contributed by atoms with Crippen LogP contribution < -0.4 is 0 Å². The van der Waals surface area contributed by atoms with E-state index >= 15 is 0 Å². The molecule has 0 aliphatic rings. The van der Waals surface area contributed by atoms with Gasteiger partial charge in [0, 0.05) is 6.42 Å². The van der Waals surface area contributed by atoms with Crippen LogP contribution in [0.2, 0.25) is 0 Å². The van der Waals surface area contributed by atoms with Gasteiger partial charge in [-0.2, -0.15) is 0 Å². The molecule has 0 fully saturated rings. The summed E-state index contributed by atoms with van der Waals surface area (Å²) in [5, 5.41) is 0. The van der Waals surface area contributed by atoms with Gasteiger partial charge in [0.2, 0.25) is 0 Å². The number of ether oxygens (including phenoxy) is 2. The lowest BCUT2D eigenvalue weighted by Gasteiger charge is -2.08. The summed E-state index contributed by atoms with van der Waals surface area (Å²) in [6, 6.07) is 17.8. The first kappa shape index (κ1) is 23.4. The predicted octanol–water partition coefficient (Wildman–Crippen LogP) is 5.06. The second kappa shape index (κ2) is 12.7. The minimum absolute atomic E-state index is 0.0155. The molecule has 2 rings (SSSR count). The second-order valence-electron chi connectivity index (χ2n) is 7.17. The van der Waals surface area contributed by atoms with E-state index in [1.54, 1.807) is 0 Å². The Morgan fingerprint density at radius 2 is 1.32 bits per heavy atom. The van der Waals surface area contributed by atoms with Gasteiger partial charge in [-0.05, 0) is 57.7 Å². The quantitative estimate of drug-likeness (QED) is 0.626. The first-order valence-corrected chi connectivity index (χ1v) is 9.75. The van der Waals surface area contributed by atoms with E-state index in [4.69, 9.17) is 9.47 Å². The predicted molar refractivity (Wildman–Crippen MR) is 112 cm³/mol. The Morgan fingerprint density at radius 3 is 1.89 bits per heavy atom. The van der Waals surface area contributed by atoms with Crippen LogP contribution in [0.5, 0.6) is 0 Å². The largest absolute Gasteiger partial charge is 0.463 e. The minimum Gasteiger partial charge on any atom is -0.463 e. The zero-order valence-electron chi connectivity index (χ0n) is 17.6. The van der Waals surface area contributed by atoms with E-state index in [0.29, 0.717) is 12.8 Å². The van der Waals surface area contributed by atoms with Crippen molar-refractivity contribution >= 4 is 11.9 Å². The number of hydrogen-bond donors (Lipinski definition) is 0. The molecule has 0 saturated carbocycles. The molecule has 0 amide bonds. The van der Waals surface area contributed by atoms with Crippen LogP contribution in [0.25, 0.3) is 0 Å². The first-order valence-electron chi connectivity index (χ1n) is 9.75. The third-order valence-electron chi connectivity index (χ3n) is 3.79. The molecule has 0 bridgehead atoms. The number of carbonyl (C=O) groups excluding carboxylic acids is 2. The van der Waals surface area contributed by atoms with Crippen LogP contribution in [0, 0.1) is 6.92 Å². The Labute approximate surface area is 168 Å². The molecule has 0 saturated heterocycles. The van der Waals surface area contributed by atoms with Crippen molar-refractivity contribution < 1.29 is 19.1 Å². The fourth-order valence-electron chi connectivity index (χ4n) is 2.48. The molecule has 0 aromatic heterocycles. The normalized spacial score (nSPS) is 10.2. The molecule has 28 heavy (non-hydrogen) atoms. The van der Waals surface area contributed by atoms with Crippen LogP contribution in [0.4, 0.5) is 0 Å². The van der Waals surface area contributed by atoms with Gasteiger partial charge in [-0.25, -0.2) is 0 Å². The summed E-state index contributed by atoms with van der Waals surface area (Å²) >= 11 is 0. The molecule has 0 aliphatic heterocycles. The molecule has 2 aromatic carbocycles. The lowest BCUT2D eigenvalue weighted by atomic mass is 10.1. The molecule has 0 spiro atoms. The van der Waals surface area contributed by atoms with Crippen molar-refractivity contribution in [3.8, 4) is 0 Å². The average Bonchev–Trinajstić information content (AvgIpc) is 2.62. The van der Waals surface area contributed by atoms with Gasteiger partial charge in [-0.15, -0.1) is 0 Å². The smallest absolute Gasteiger partial charge is 0.310 e. The lowest BCUT2D eigenvalue weighted by molar-refractivity contribution is -0.148. The molecular formula is C24H32O4.